The predicted octanol–water partition coefficient (Wildman–Crippen LogP) is 7.13. The molecule has 4 aromatic rings. The van der Waals surface area contributed by atoms with E-state index < -0.39 is 96.7 Å². The van der Waals surface area contributed by atoms with Crippen LogP contribution in [0.1, 0.15) is 141 Å². The Morgan fingerprint density at radius 3 is 1.21 bits per heavy atom. The van der Waals surface area contributed by atoms with Crippen molar-refractivity contribution in [3.8, 4) is 0 Å². The van der Waals surface area contributed by atoms with Crippen molar-refractivity contribution < 1.29 is 72.6 Å². The Bertz CT molecular complexity index is 2680. The number of aliphatic hydroxyl groups is 2. The van der Waals surface area contributed by atoms with E-state index >= 15 is 0 Å². The van der Waals surface area contributed by atoms with Crippen molar-refractivity contribution in [1.82, 2.24) is 26.6 Å². The van der Waals surface area contributed by atoms with Gasteiger partial charge in [0.1, 0.15) is 36.5 Å². The standard InChI is InChI=1S/C32H45N3O7.C16H26N2O2.C16H21NO6/c1-21(2)16-23-12-14-25(15-13-23)22(3)29(38)33-18-26(19-36)34-28(37)17-27(30(39)42-32(4,5)6)35-31(40)41-20-24-10-8-7-9-11-24;1-11(2)8-13-4-6-14(7-5-13)12(3)16(20)18-9-15(17)10-19;1-16(2,3)23-14(20)12(9-13(18)19)17-15(21)22-10-11-7-5-4-6-8-11/h7-15,21-22,26-27,36H,16-20H2,1-6H3,(H,33,38)(H,34,37)(H,35,40);4-7,11-12,15,19H,8-10,17H2,1-3H3,(H,18,20);4-8,12H,9-10H2,1-3H3,(H,17,21)(H,18,19)/t22-,26+,27+;12-,15+;12-/m000/s1. The highest BCUT2D eigenvalue weighted by Crippen LogP contribution is 2.20. The van der Waals surface area contributed by atoms with E-state index in [-0.39, 0.29) is 44.1 Å². The quantitative estimate of drug-likeness (QED) is 0.0212. The van der Waals surface area contributed by atoms with E-state index in [1.165, 1.54) is 11.1 Å². The number of rotatable bonds is 27. The Morgan fingerprint density at radius 1 is 0.494 bits per heavy atom. The second kappa shape index (κ2) is 37.4. The number of nitrogens with two attached hydrogens (primary N) is 1. The van der Waals surface area contributed by atoms with Crippen molar-refractivity contribution >= 4 is 47.8 Å². The first-order valence-electron chi connectivity index (χ1n) is 28.5. The topological polar surface area (TPSA) is 320 Å². The monoisotopic (exact) mass is 1180 g/mol. The first kappa shape index (κ1) is 73.2. The molecule has 85 heavy (non-hydrogen) atoms. The average molecular weight is 1190 g/mol. The molecule has 0 saturated heterocycles. The molecule has 0 radical (unpaired) electrons. The summed E-state index contributed by atoms with van der Waals surface area (Å²) in [6.45, 7) is 22.0. The van der Waals surface area contributed by atoms with Crippen molar-refractivity contribution in [1.29, 1.82) is 0 Å². The molecule has 21 nitrogen and oxygen atoms in total. The summed E-state index contributed by atoms with van der Waals surface area (Å²) >= 11 is 0. The number of carboxylic acids is 1. The molecule has 5 amide bonds. The molecule has 0 bridgehead atoms. The summed E-state index contributed by atoms with van der Waals surface area (Å²) in [7, 11) is 0. The van der Waals surface area contributed by atoms with Crippen LogP contribution in [0.5, 0.6) is 0 Å². The summed E-state index contributed by atoms with van der Waals surface area (Å²) in [5, 5.41) is 40.2. The van der Waals surface area contributed by atoms with E-state index in [2.05, 4.69) is 66.4 Å². The fourth-order valence-corrected chi connectivity index (χ4v) is 7.71. The Labute approximate surface area is 500 Å². The molecule has 0 aromatic heterocycles. The number of carbonyl (C=O) groups is 8. The smallest absolute Gasteiger partial charge is 0.408 e. The molecule has 0 saturated carbocycles. The molecule has 0 aliphatic rings. The number of ether oxygens (including phenoxy) is 4. The van der Waals surface area contributed by atoms with Crippen LogP contribution >= 0.6 is 0 Å². The zero-order valence-corrected chi connectivity index (χ0v) is 51.4. The Kier molecular flexibility index (Phi) is 32.2. The zero-order chi connectivity index (χ0) is 63.9. The van der Waals surface area contributed by atoms with Gasteiger partial charge in [0, 0.05) is 19.1 Å². The Balaban J connectivity index is 0.000000481. The number of esters is 2. The van der Waals surface area contributed by atoms with Gasteiger partial charge in [-0.25, -0.2) is 19.2 Å². The number of aliphatic hydroxyl groups excluding tert-OH is 2. The predicted molar refractivity (Wildman–Crippen MR) is 323 cm³/mol. The molecule has 6 atom stereocenters. The third-order valence-electron chi connectivity index (χ3n) is 12.1. The molecule has 0 heterocycles. The summed E-state index contributed by atoms with van der Waals surface area (Å²) in [5.74, 6) is -3.30. The maximum Gasteiger partial charge on any atom is 0.408 e. The number of benzene rings is 4. The third kappa shape index (κ3) is 32.1. The van der Waals surface area contributed by atoms with E-state index in [0.29, 0.717) is 18.4 Å². The Hall–Kier alpha value is -7.88. The minimum Gasteiger partial charge on any atom is -0.481 e. The van der Waals surface area contributed by atoms with Crippen molar-refractivity contribution in [2.45, 2.75) is 169 Å². The van der Waals surface area contributed by atoms with Gasteiger partial charge in [0.05, 0.1) is 43.9 Å². The molecule has 4 aromatic carbocycles. The maximum absolute atomic E-state index is 12.8. The summed E-state index contributed by atoms with van der Waals surface area (Å²) in [4.78, 5) is 97.3. The van der Waals surface area contributed by atoms with Crippen LogP contribution in [0.25, 0.3) is 0 Å². The van der Waals surface area contributed by atoms with Crippen molar-refractivity contribution in [2.24, 2.45) is 17.6 Å². The third-order valence-corrected chi connectivity index (χ3v) is 12.1. The number of carboxylic acid groups (broad SMARTS) is 1. The summed E-state index contributed by atoms with van der Waals surface area (Å²) in [6, 6.07) is 30.2. The number of hydrogen-bond donors (Lipinski definition) is 9. The molecule has 0 spiro atoms. The van der Waals surface area contributed by atoms with Crippen LogP contribution in [-0.2, 0) is 73.8 Å². The van der Waals surface area contributed by atoms with Gasteiger partial charge in [-0.05, 0) is 113 Å². The molecule has 21 heteroatoms. The molecule has 0 unspecified atom stereocenters. The van der Waals surface area contributed by atoms with Crippen LogP contribution in [0.3, 0.4) is 0 Å². The zero-order valence-electron chi connectivity index (χ0n) is 51.4. The van der Waals surface area contributed by atoms with Crippen molar-refractivity contribution in [2.75, 3.05) is 26.3 Å². The van der Waals surface area contributed by atoms with Gasteiger partial charge in [-0.3, -0.25) is 19.2 Å². The van der Waals surface area contributed by atoms with Crippen molar-refractivity contribution in [3.05, 3.63) is 143 Å². The van der Waals surface area contributed by atoms with E-state index in [1.807, 2.05) is 55.5 Å². The number of aliphatic carboxylic acids is 1. The van der Waals surface area contributed by atoms with Crippen LogP contribution < -0.4 is 32.3 Å². The van der Waals surface area contributed by atoms with E-state index in [1.54, 1.807) is 97.0 Å². The van der Waals surface area contributed by atoms with Crippen LogP contribution in [0.4, 0.5) is 9.59 Å². The minimum atomic E-state index is -1.33. The fourth-order valence-electron chi connectivity index (χ4n) is 7.71. The minimum absolute atomic E-state index is 0.0147. The number of hydrogen-bond acceptors (Lipinski definition) is 15. The van der Waals surface area contributed by atoms with Gasteiger partial charge in [0.15, 0.2) is 0 Å². The lowest BCUT2D eigenvalue weighted by atomic mass is 9.96. The number of amides is 5. The highest BCUT2D eigenvalue weighted by atomic mass is 16.6. The number of carbonyl (C=O) groups excluding carboxylic acids is 7. The molecule has 0 aliphatic carbocycles. The molecule has 0 fully saturated rings. The van der Waals surface area contributed by atoms with Crippen molar-refractivity contribution in [3.63, 3.8) is 0 Å². The van der Waals surface area contributed by atoms with Crippen LogP contribution in [0, 0.1) is 11.8 Å². The number of nitrogens with one attached hydrogen (secondary N) is 5. The lowest BCUT2D eigenvalue weighted by molar-refractivity contribution is -0.160. The van der Waals surface area contributed by atoms with Gasteiger partial charge in [-0.2, -0.15) is 0 Å². The van der Waals surface area contributed by atoms with Crippen LogP contribution in [-0.4, -0.2) is 125 Å². The normalized spacial score (nSPS) is 13.2. The SMILES string of the molecule is CC(C)(C)OC(=O)[C@H](CC(=O)O)NC(=O)OCc1ccccc1.CC(C)Cc1ccc([C@H](C)C(=O)NC[C@@H](N)CO)cc1.CC(C)Cc1ccc([C@H](C)C(=O)NC[C@H](CO)NC(=O)C[C@@H](NC(=O)OCc2ccccc2)C(=O)OC(C)(C)C)cc1. The lowest BCUT2D eigenvalue weighted by Gasteiger charge is -2.25. The van der Waals surface area contributed by atoms with Gasteiger partial charge in [0.2, 0.25) is 17.7 Å². The van der Waals surface area contributed by atoms with Crippen LogP contribution in [0.2, 0.25) is 0 Å². The van der Waals surface area contributed by atoms with Crippen LogP contribution in [0.15, 0.2) is 109 Å². The molecule has 468 valence electrons. The molecular weight excluding hydrogens is 1090 g/mol. The van der Waals surface area contributed by atoms with Gasteiger partial charge in [-0.15, -0.1) is 0 Å². The van der Waals surface area contributed by atoms with Gasteiger partial charge >= 0.3 is 30.1 Å². The molecule has 4 rings (SSSR count). The van der Waals surface area contributed by atoms with Gasteiger partial charge in [0.25, 0.3) is 0 Å². The summed E-state index contributed by atoms with van der Waals surface area (Å²) in [5.41, 5.74) is 9.79. The summed E-state index contributed by atoms with van der Waals surface area (Å²) in [6.07, 6.45) is -0.816. The maximum atomic E-state index is 12.8. The first-order valence-corrected chi connectivity index (χ1v) is 28.5. The first-order chi connectivity index (χ1) is 39.9. The largest absolute Gasteiger partial charge is 0.481 e. The van der Waals surface area contributed by atoms with Gasteiger partial charge < -0.3 is 66.6 Å². The van der Waals surface area contributed by atoms with E-state index in [4.69, 9.17) is 34.9 Å². The molecule has 0 aliphatic heterocycles. The van der Waals surface area contributed by atoms with E-state index in [0.717, 1.165) is 35.1 Å². The summed E-state index contributed by atoms with van der Waals surface area (Å²) < 4.78 is 20.6. The highest BCUT2D eigenvalue weighted by Gasteiger charge is 2.32. The second-order valence-electron chi connectivity index (χ2n) is 23.4. The highest BCUT2D eigenvalue weighted by molar-refractivity contribution is 5.89. The lowest BCUT2D eigenvalue weighted by Crippen LogP contribution is -2.50. The average Bonchev–Trinajstić information content (AvgIpc) is 3.62. The second-order valence-corrected chi connectivity index (χ2v) is 23.4. The van der Waals surface area contributed by atoms with E-state index in [9.17, 15) is 43.5 Å². The fraction of sp³-hybridized carbons (Fsp3) is 0.500. The molecular formula is C64H92N6O15. The van der Waals surface area contributed by atoms with Gasteiger partial charge in [-0.1, -0.05) is 137 Å². The molecule has 10 N–H and O–H groups in total. The number of alkyl carbamates (subject to hydrolysis) is 2. The Morgan fingerprint density at radius 2 is 0.871 bits per heavy atom.